The summed E-state index contributed by atoms with van der Waals surface area (Å²) in [4.78, 5) is 16.2. The van der Waals surface area contributed by atoms with E-state index in [4.69, 9.17) is 10.2 Å². The van der Waals surface area contributed by atoms with Crippen molar-refractivity contribution in [2.75, 3.05) is 24.7 Å². The van der Waals surface area contributed by atoms with E-state index in [2.05, 4.69) is 12.1 Å². The van der Waals surface area contributed by atoms with Crippen LogP contribution >= 0.6 is 23.5 Å². The predicted molar refractivity (Wildman–Crippen MR) is 152 cm³/mol. The van der Waals surface area contributed by atoms with Crippen LogP contribution in [0.5, 0.6) is 0 Å². The molecule has 4 aromatic rings. The Hall–Kier alpha value is -2.83. The molecule has 0 atom stereocenters. The zero-order valence-corrected chi connectivity index (χ0v) is 22.2. The molecule has 4 rings (SSSR count). The highest BCUT2D eigenvalue weighted by atomic mass is 32.2. The van der Waals surface area contributed by atoms with E-state index in [9.17, 15) is 4.79 Å². The zero-order valence-electron chi connectivity index (χ0n) is 20.5. The van der Waals surface area contributed by atoms with Crippen molar-refractivity contribution in [2.24, 2.45) is 0 Å². The molecule has 184 valence electrons. The lowest BCUT2D eigenvalue weighted by molar-refractivity contribution is 0.104. The van der Waals surface area contributed by atoms with Gasteiger partial charge in [0.25, 0.3) is 0 Å². The van der Waals surface area contributed by atoms with Crippen LogP contribution in [0.15, 0.2) is 94.7 Å². The number of aryl methyl sites for hydroxylation is 2. The Labute approximate surface area is 221 Å². The van der Waals surface area contributed by atoms with Crippen LogP contribution in [0.25, 0.3) is 22.3 Å². The van der Waals surface area contributed by atoms with Gasteiger partial charge in [0.2, 0.25) is 0 Å². The zero-order chi connectivity index (χ0) is 25.5. The van der Waals surface area contributed by atoms with Gasteiger partial charge in [0, 0.05) is 32.4 Å². The van der Waals surface area contributed by atoms with Gasteiger partial charge in [-0.25, -0.2) is 0 Å². The number of aliphatic hydroxyl groups is 2. The fourth-order valence-electron chi connectivity index (χ4n) is 4.12. The van der Waals surface area contributed by atoms with Gasteiger partial charge in [0.05, 0.1) is 13.2 Å². The van der Waals surface area contributed by atoms with E-state index < -0.39 is 0 Å². The van der Waals surface area contributed by atoms with Crippen molar-refractivity contribution in [2.45, 2.75) is 23.6 Å². The second-order valence-corrected chi connectivity index (χ2v) is 11.0. The van der Waals surface area contributed by atoms with Crippen molar-refractivity contribution in [3.63, 3.8) is 0 Å². The lowest BCUT2D eigenvalue weighted by Crippen LogP contribution is -2.06. The summed E-state index contributed by atoms with van der Waals surface area (Å²) in [6.45, 7) is 4.37. The minimum absolute atomic E-state index is 0.00235. The first-order chi connectivity index (χ1) is 17.5. The van der Waals surface area contributed by atoms with Gasteiger partial charge in [-0.1, -0.05) is 71.8 Å². The van der Waals surface area contributed by atoms with Crippen molar-refractivity contribution in [3.8, 4) is 22.3 Å². The second kappa shape index (κ2) is 12.4. The number of carbonyl (C=O) groups is 1. The van der Waals surface area contributed by atoms with Gasteiger partial charge in [0.1, 0.15) is 0 Å². The molecule has 0 amide bonds. The highest BCUT2D eigenvalue weighted by Crippen LogP contribution is 2.33. The van der Waals surface area contributed by atoms with Crippen molar-refractivity contribution in [1.82, 2.24) is 0 Å². The molecule has 2 N–H and O–H groups in total. The topological polar surface area (TPSA) is 57.5 Å². The minimum Gasteiger partial charge on any atom is -0.396 e. The van der Waals surface area contributed by atoms with Gasteiger partial charge in [-0.3, -0.25) is 4.79 Å². The molecule has 0 fully saturated rings. The normalized spacial score (nSPS) is 11.0. The highest BCUT2D eigenvalue weighted by molar-refractivity contribution is 7.99. The van der Waals surface area contributed by atoms with Crippen LogP contribution in [0, 0.1) is 13.8 Å². The maximum atomic E-state index is 14.0. The summed E-state index contributed by atoms with van der Waals surface area (Å²) in [7, 11) is 0. The Kier molecular flexibility index (Phi) is 9.05. The monoisotopic (exact) mass is 514 g/mol. The van der Waals surface area contributed by atoms with Crippen molar-refractivity contribution in [1.29, 1.82) is 0 Å². The van der Waals surface area contributed by atoms with E-state index in [1.54, 1.807) is 23.5 Å². The number of hydrogen-bond acceptors (Lipinski definition) is 5. The third-order valence-electron chi connectivity index (χ3n) is 5.89. The molecule has 4 aromatic carbocycles. The largest absolute Gasteiger partial charge is 0.396 e. The Morgan fingerprint density at radius 2 is 1.00 bits per heavy atom. The summed E-state index contributed by atoms with van der Waals surface area (Å²) in [5.74, 6) is 1.31. The molecule has 3 nitrogen and oxygen atoms in total. The Morgan fingerprint density at radius 3 is 1.36 bits per heavy atom. The molecular weight excluding hydrogens is 484 g/mol. The van der Waals surface area contributed by atoms with Gasteiger partial charge >= 0.3 is 0 Å². The summed E-state index contributed by atoms with van der Waals surface area (Å²) >= 11 is 3.22. The number of rotatable bonds is 10. The fraction of sp³-hybridized carbons (Fsp3) is 0.194. The van der Waals surface area contributed by atoms with E-state index >= 15 is 0 Å². The third-order valence-corrected chi connectivity index (χ3v) is 7.87. The lowest BCUT2D eigenvalue weighted by atomic mass is 9.88. The van der Waals surface area contributed by atoms with Crippen LogP contribution < -0.4 is 0 Å². The second-order valence-electron chi connectivity index (χ2n) is 8.62. The van der Waals surface area contributed by atoms with Crippen LogP contribution in [0.2, 0.25) is 0 Å². The fourth-order valence-corrected chi connectivity index (χ4v) is 5.43. The van der Waals surface area contributed by atoms with Crippen molar-refractivity contribution in [3.05, 3.63) is 107 Å². The number of benzene rings is 4. The Balaban J connectivity index is 1.73. The Morgan fingerprint density at radius 1 is 0.611 bits per heavy atom. The molecule has 0 spiro atoms. The van der Waals surface area contributed by atoms with E-state index in [0.29, 0.717) is 22.6 Å². The number of carbonyl (C=O) groups excluding carboxylic acids is 1. The summed E-state index contributed by atoms with van der Waals surface area (Å²) in [6.07, 6.45) is 0. The molecule has 36 heavy (non-hydrogen) atoms. The van der Waals surface area contributed by atoms with Gasteiger partial charge in [0.15, 0.2) is 5.78 Å². The quantitative estimate of drug-likeness (QED) is 0.176. The summed E-state index contributed by atoms with van der Waals surface area (Å²) in [5.41, 5.74) is 7.37. The van der Waals surface area contributed by atoms with Crippen LogP contribution in [-0.2, 0) is 0 Å². The molecule has 0 aliphatic heterocycles. The molecule has 0 aromatic heterocycles. The summed E-state index contributed by atoms with van der Waals surface area (Å²) in [6, 6.07) is 28.3. The first kappa shape index (κ1) is 26.2. The minimum atomic E-state index is -0.00235. The third kappa shape index (κ3) is 6.29. The number of ketones is 1. The van der Waals surface area contributed by atoms with Gasteiger partial charge < -0.3 is 10.2 Å². The SMILES string of the molecule is Cc1ccc(C(=O)c2ccc(C)cc2-c2ccc(SCCO)cc2)c(-c2ccc(SCCO)cc2)c1. The molecule has 0 aliphatic rings. The van der Waals surface area contributed by atoms with E-state index in [0.717, 1.165) is 43.2 Å². The van der Waals surface area contributed by atoms with Crippen LogP contribution in [0.1, 0.15) is 27.0 Å². The maximum Gasteiger partial charge on any atom is 0.194 e. The number of thioether (sulfide) groups is 2. The van der Waals surface area contributed by atoms with Crippen molar-refractivity contribution >= 4 is 29.3 Å². The molecular formula is C31H30O3S2. The highest BCUT2D eigenvalue weighted by Gasteiger charge is 2.19. The molecule has 0 heterocycles. The maximum absolute atomic E-state index is 14.0. The molecule has 5 heteroatoms. The summed E-state index contributed by atoms with van der Waals surface area (Å²) < 4.78 is 0. The molecule has 0 bridgehead atoms. The molecule has 0 aliphatic carbocycles. The average molecular weight is 515 g/mol. The summed E-state index contributed by atoms with van der Waals surface area (Å²) in [5, 5.41) is 18.2. The number of aliphatic hydroxyl groups excluding tert-OH is 2. The molecule has 0 saturated carbocycles. The Bertz CT molecular complexity index is 1230. The molecule has 0 radical (unpaired) electrons. The average Bonchev–Trinajstić information content (AvgIpc) is 2.91. The van der Waals surface area contributed by atoms with E-state index in [1.165, 1.54) is 0 Å². The van der Waals surface area contributed by atoms with Crippen LogP contribution in [-0.4, -0.2) is 40.7 Å². The standard InChI is InChI=1S/C31H30O3S2/c1-21-3-13-27(29(19-21)23-5-9-25(10-6-23)35-17-15-32)31(34)28-14-4-22(2)20-30(28)24-7-11-26(12-8-24)36-18-16-33/h3-14,19-20,32-33H,15-18H2,1-2H3. The lowest BCUT2D eigenvalue weighted by Gasteiger charge is -2.15. The first-order valence-corrected chi connectivity index (χ1v) is 13.9. The van der Waals surface area contributed by atoms with E-state index in [-0.39, 0.29) is 19.0 Å². The smallest absolute Gasteiger partial charge is 0.194 e. The molecule has 0 saturated heterocycles. The van der Waals surface area contributed by atoms with Gasteiger partial charge in [-0.15, -0.1) is 23.5 Å². The first-order valence-electron chi connectivity index (χ1n) is 11.9. The van der Waals surface area contributed by atoms with Gasteiger partial charge in [-0.2, -0.15) is 0 Å². The van der Waals surface area contributed by atoms with Crippen molar-refractivity contribution < 1.29 is 15.0 Å². The molecule has 0 unspecified atom stereocenters. The van der Waals surface area contributed by atoms with Gasteiger partial charge in [-0.05, 0) is 60.4 Å². The van der Waals surface area contributed by atoms with Crippen LogP contribution in [0.3, 0.4) is 0 Å². The van der Waals surface area contributed by atoms with E-state index in [1.807, 2.05) is 86.6 Å². The predicted octanol–water partition coefficient (Wildman–Crippen LogP) is 7.04. The number of hydrogen-bond donors (Lipinski definition) is 2. The van der Waals surface area contributed by atoms with Crippen LogP contribution in [0.4, 0.5) is 0 Å².